The van der Waals surface area contributed by atoms with Crippen molar-refractivity contribution in [3.05, 3.63) is 36.0 Å². The fourth-order valence-electron chi connectivity index (χ4n) is 1.65. The van der Waals surface area contributed by atoms with Gasteiger partial charge in [-0.3, -0.25) is 5.10 Å². The predicted molar refractivity (Wildman–Crippen MR) is 77.0 cm³/mol. The van der Waals surface area contributed by atoms with Crippen molar-refractivity contribution in [1.82, 2.24) is 10.2 Å². The predicted octanol–water partition coefficient (Wildman–Crippen LogP) is -0.211. The molecule has 0 saturated carbocycles. The average molecular weight is 273 g/mol. The first-order valence-corrected chi connectivity index (χ1v) is 5.78. The maximum atomic E-state index is 9.05. The lowest BCUT2D eigenvalue weighted by molar-refractivity contribution is 0.276. The third-order valence-electron chi connectivity index (χ3n) is 2.46. The number of rotatable bonds is 3. The Labute approximate surface area is 115 Å². The SMILES string of the molecule is NC(N)=NC(N)=Nc1ccccc1-c1cc(CO)[nH]n1. The normalized spacial score (nSPS) is 11.3. The molecule has 20 heavy (non-hydrogen) atoms. The molecule has 0 unspecified atom stereocenters. The number of nitrogens with zero attached hydrogens (tertiary/aromatic N) is 3. The molecule has 1 heterocycles. The van der Waals surface area contributed by atoms with E-state index in [0.29, 0.717) is 17.1 Å². The number of aliphatic hydroxyl groups is 1. The van der Waals surface area contributed by atoms with Crippen LogP contribution in [0.4, 0.5) is 5.69 Å². The van der Waals surface area contributed by atoms with Crippen LogP contribution in [0.3, 0.4) is 0 Å². The highest BCUT2D eigenvalue weighted by atomic mass is 16.3. The molecular weight excluding hydrogens is 258 g/mol. The fourth-order valence-corrected chi connectivity index (χ4v) is 1.65. The molecule has 2 rings (SSSR count). The van der Waals surface area contributed by atoms with Crippen LogP contribution >= 0.6 is 0 Å². The molecule has 0 atom stereocenters. The fraction of sp³-hybridized carbons (Fsp3) is 0.0833. The number of hydrogen-bond donors (Lipinski definition) is 5. The number of aliphatic hydroxyl groups excluding tert-OH is 1. The molecule has 8 heteroatoms. The van der Waals surface area contributed by atoms with E-state index in [9.17, 15) is 0 Å². The van der Waals surface area contributed by atoms with Gasteiger partial charge in [0.2, 0.25) is 5.96 Å². The summed E-state index contributed by atoms with van der Waals surface area (Å²) in [4.78, 5) is 7.80. The van der Waals surface area contributed by atoms with E-state index in [1.165, 1.54) is 0 Å². The van der Waals surface area contributed by atoms with Gasteiger partial charge in [0.25, 0.3) is 0 Å². The van der Waals surface area contributed by atoms with E-state index in [1.54, 1.807) is 12.1 Å². The van der Waals surface area contributed by atoms with Crippen molar-refractivity contribution in [2.75, 3.05) is 0 Å². The Hall–Kier alpha value is -2.87. The minimum Gasteiger partial charge on any atom is -0.390 e. The number of nitrogens with two attached hydrogens (primary N) is 3. The van der Waals surface area contributed by atoms with Gasteiger partial charge in [-0.1, -0.05) is 18.2 Å². The van der Waals surface area contributed by atoms with Gasteiger partial charge in [-0.2, -0.15) is 10.1 Å². The summed E-state index contributed by atoms with van der Waals surface area (Å²) in [5.41, 5.74) is 18.7. The van der Waals surface area contributed by atoms with Gasteiger partial charge < -0.3 is 22.3 Å². The smallest absolute Gasteiger partial charge is 0.223 e. The number of aromatic amines is 1. The summed E-state index contributed by atoms with van der Waals surface area (Å²) in [6.45, 7) is -0.116. The lowest BCUT2D eigenvalue weighted by Crippen LogP contribution is -2.26. The molecule has 1 aromatic heterocycles. The molecule has 0 bridgehead atoms. The zero-order chi connectivity index (χ0) is 14.5. The number of benzene rings is 1. The Balaban J connectivity index is 2.43. The van der Waals surface area contributed by atoms with Crippen molar-refractivity contribution in [3.63, 3.8) is 0 Å². The Kier molecular flexibility index (Phi) is 3.96. The molecule has 0 aliphatic rings. The van der Waals surface area contributed by atoms with Gasteiger partial charge in [-0.05, 0) is 12.1 Å². The molecule has 0 aliphatic heterocycles. The average Bonchev–Trinajstić information content (AvgIpc) is 2.87. The molecule has 2 aromatic rings. The van der Waals surface area contributed by atoms with Crippen LogP contribution < -0.4 is 17.2 Å². The molecule has 104 valence electrons. The molecule has 0 fully saturated rings. The number of hydrogen-bond acceptors (Lipinski definition) is 3. The second kappa shape index (κ2) is 5.85. The minimum absolute atomic E-state index is 0.0460. The number of guanidine groups is 2. The standard InChI is InChI=1S/C12H15N7O/c13-11(14)17-12(15)16-9-4-2-1-3-8(9)10-5-7(6-20)18-19-10/h1-5,20H,6H2,(H,18,19)(H6,13,14,15,16,17). The van der Waals surface area contributed by atoms with E-state index in [-0.39, 0.29) is 18.5 Å². The van der Waals surface area contributed by atoms with Crippen LogP contribution in [0.1, 0.15) is 5.69 Å². The number of nitrogens with one attached hydrogen (secondary N) is 1. The van der Waals surface area contributed by atoms with E-state index in [1.807, 2.05) is 18.2 Å². The monoisotopic (exact) mass is 273 g/mol. The number of aliphatic imine (C=N–C) groups is 2. The first-order valence-electron chi connectivity index (χ1n) is 5.78. The van der Waals surface area contributed by atoms with Gasteiger partial charge in [-0.15, -0.1) is 0 Å². The van der Waals surface area contributed by atoms with Crippen molar-refractivity contribution in [2.45, 2.75) is 6.61 Å². The topological polar surface area (TPSA) is 152 Å². The van der Waals surface area contributed by atoms with Gasteiger partial charge in [0, 0.05) is 5.56 Å². The maximum Gasteiger partial charge on any atom is 0.223 e. The van der Waals surface area contributed by atoms with E-state index in [4.69, 9.17) is 22.3 Å². The molecular formula is C12H15N7O. The summed E-state index contributed by atoms with van der Waals surface area (Å²) < 4.78 is 0. The van der Waals surface area contributed by atoms with Crippen LogP contribution in [0, 0.1) is 0 Å². The summed E-state index contributed by atoms with van der Waals surface area (Å²) >= 11 is 0. The molecule has 0 radical (unpaired) electrons. The second-order valence-corrected chi connectivity index (χ2v) is 3.96. The van der Waals surface area contributed by atoms with Crippen molar-refractivity contribution in [1.29, 1.82) is 0 Å². The van der Waals surface area contributed by atoms with Crippen molar-refractivity contribution < 1.29 is 5.11 Å². The third kappa shape index (κ3) is 3.12. The van der Waals surface area contributed by atoms with Gasteiger partial charge in [0.15, 0.2) is 5.96 Å². The van der Waals surface area contributed by atoms with Crippen LogP contribution in [0.15, 0.2) is 40.3 Å². The third-order valence-corrected chi connectivity index (χ3v) is 2.46. The number of H-pyrrole nitrogens is 1. The van der Waals surface area contributed by atoms with Crippen LogP contribution in [-0.4, -0.2) is 27.2 Å². The van der Waals surface area contributed by atoms with Crippen LogP contribution in [0.25, 0.3) is 11.3 Å². The van der Waals surface area contributed by atoms with Gasteiger partial charge in [0.05, 0.1) is 23.7 Å². The molecule has 8 nitrogen and oxygen atoms in total. The molecule has 1 aromatic carbocycles. The highest BCUT2D eigenvalue weighted by molar-refractivity contribution is 5.94. The second-order valence-electron chi connectivity index (χ2n) is 3.96. The summed E-state index contributed by atoms with van der Waals surface area (Å²) in [7, 11) is 0. The van der Waals surface area contributed by atoms with E-state index < -0.39 is 0 Å². The Morgan fingerprint density at radius 1 is 1.25 bits per heavy atom. The number of para-hydroxylation sites is 1. The van der Waals surface area contributed by atoms with E-state index in [2.05, 4.69) is 20.2 Å². The summed E-state index contributed by atoms with van der Waals surface area (Å²) in [6, 6.07) is 8.98. The minimum atomic E-state index is -0.161. The zero-order valence-corrected chi connectivity index (χ0v) is 10.6. The summed E-state index contributed by atoms with van der Waals surface area (Å²) in [5, 5.41) is 15.9. The summed E-state index contributed by atoms with van der Waals surface area (Å²) in [5.74, 6) is -0.207. The highest BCUT2D eigenvalue weighted by Crippen LogP contribution is 2.29. The lowest BCUT2D eigenvalue weighted by Gasteiger charge is -2.02. The largest absolute Gasteiger partial charge is 0.390 e. The molecule has 0 saturated heterocycles. The highest BCUT2D eigenvalue weighted by Gasteiger charge is 2.08. The van der Waals surface area contributed by atoms with E-state index in [0.717, 1.165) is 5.56 Å². The van der Waals surface area contributed by atoms with E-state index >= 15 is 0 Å². The maximum absolute atomic E-state index is 9.05. The van der Waals surface area contributed by atoms with Crippen molar-refractivity contribution >= 4 is 17.6 Å². The van der Waals surface area contributed by atoms with Gasteiger partial charge in [-0.25, -0.2) is 4.99 Å². The van der Waals surface area contributed by atoms with Crippen molar-refractivity contribution in [3.8, 4) is 11.3 Å². The van der Waals surface area contributed by atoms with Crippen LogP contribution in [-0.2, 0) is 6.61 Å². The number of aromatic nitrogens is 2. The molecule has 8 N–H and O–H groups in total. The lowest BCUT2D eigenvalue weighted by atomic mass is 10.1. The van der Waals surface area contributed by atoms with Crippen LogP contribution in [0.2, 0.25) is 0 Å². The molecule has 0 spiro atoms. The Morgan fingerprint density at radius 2 is 2.00 bits per heavy atom. The first-order chi connectivity index (χ1) is 9.60. The molecule has 0 aliphatic carbocycles. The zero-order valence-electron chi connectivity index (χ0n) is 10.6. The van der Waals surface area contributed by atoms with Crippen LogP contribution in [0.5, 0.6) is 0 Å². The van der Waals surface area contributed by atoms with Gasteiger partial charge in [0.1, 0.15) is 0 Å². The quantitative estimate of drug-likeness (QED) is 0.387. The van der Waals surface area contributed by atoms with Gasteiger partial charge >= 0.3 is 0 Å². The first kappa shape index (κ1) is 13.6. The Bertz CT molecular complexity index is 655. The summed E-state index contributed by atoms with van der Waals surface area (Å²) in [6.07, 6.45) is 0. The van der Waals surface area contributed by atoms with Crippen molar-refractivity contribution in [2.24, 2.45) is 27.2 Å². The molecule has 0 amide bonds. The Morgan fingerprint density at radius 3 is 2.65 bits per heavy atom.